The van der Waals surface area contributed by atoms with Gasteiger partial charge in [0.15, 0.2) is 0 Å². The van der Waals surface area contributed by atoms with Crippen LogP contribution in [0.1, 0.15) is 11.3 Å². The summed E-state index contributed by atoms with van der Waals surface area (Å²) in [4.78, 5) is 9.82. The third-order valence-electron chi connectivity index (χ3n) is 2.94. The number of hydrogen-bond donors (Lipinski definition) is 0. The number of allylic oxidation sites excluding steroid dienone is 2. The van der Waals surface area contributed by atoms with Gasteiger partial charge in [0, 0.05) is 11.8 Å². The molecule has 0 aliphatic rings. The third-order valence-corrected chi connectivity index (χ3v) is 2.94. The van der Waals surface area contributed by atoms with Crippen molar-refractivity contribution in [2.45, 2.75) is 0 Å². The van der Waals surface area contributed by atoms with Gasteiger partial charge in [-0.1, -0.05) is 72.9 Å². The molecule has 0 fully saturated rings. The summed E-state index contributed by atoms with van der Waals surface area (Å²) in [6.07, 6.45) is 6.99. The molecule has 2 rings (SSSR count). The van der Waals surface area contributed by atoms with Gasteiger partial charge in [-0.15, -0.1) is 0 Å². The van der Waals surface area contributed by atoms with Gasteiger partial charge in [-0.2, -0.15) is 0 Å². The van der Waals surface area contributed by atoms with E-state index < -0.39 is 0 Å². The lowest BCUT2D eigenvalue weighted by atomic mass is 10.1. The van der Waals surface area contributed by atoms with Crippen molar-refractivity contribution in [3.63, 3.8) is 0 Å². The number of nitrogens with zero attached hydrogens (tertiary/aromatic N) is 2. The van der Waals surface area contributed by atoms with Crippen molar-refractivity contribution in [3.05, 3.63) is 103 Å². The molecule has 1 heterocycles. The minimum atomic E-state index is 0.332. The van der Waals surface area contributed by atoms with Gasteiger partial charge in [0.05, 0.1) is 5.69 Å². The molecule has 0 saturated heterocycles. The lowest BCUT2D eigenvalue weighted by Gasteiger charge is -2.07. The van der Waals surface area contributed by atoms with Crippen molar-refractivity contribution in [2.75, 3.05) is 6.61 Å². The molecule has 3 heteroatoms. The first kappa shape index (κ1) is 15.4. The van der Waals surface area contributed by atoms with E-state index in [0.717, 1.165) is 16.8 Å². The van der Waals surface area contributed by atoms with Gasteiger partial charge in [-0.25, -0.2) is 0 Å². The number of rotatable bonds is 7. The SMILES string of the molecule is C=C/C=C(\C=C)CO/N=C(\c1ccccc1)c1ccccn1. The molecule has 0 radical (unpaired) electrons. The smallest absolute Gasteiger partial charge is 0.142 e. The fraction of sp³-hybridized carbons (Fsp3) is 0.0526. The molecule has 110 valence electrons. The summed E-state index contributed by atoms with van der Waals surface area (Å²) in [7, 11) is 0. The maximum atomic E-state index is 5.47. The first-order valence-corrected chi connectivity index (χ1v) is 6.96. The summed E-state index contributed by atoms with van der Waals surface area (Å²) in [6, 6.07) is 15.5. The van der Waals surface area contributed by atoms with Gasteiger partial charge >= 0.3 is 0 Å². The van der Waals surface area contributed by atoms with Crippen molar-refractivity contribution in [1.29, 1.82) is 0 Å². The molecule has 1 aromatic heterocycles. The Morgan fingerprint density at radius 1 is 1.09 bits per heavy atom. The second-order valence-corrected chi connectivity index (χ2v) is 4.48. The summed E-state index contributed by atoms with van der Waals surface area (Å²) in [5.74, 6) is 0. The Bertz CT molecular complexity index is 632. The van der Waals surface area contributed by atoms with Crippen LogP contribution in [-0.2, 0) is 4.84 Å². The standard InChI is InChI=1S/C19H18N2O/c1-3-10-16(4-2)15-22-21-19(17-11-6-5-7-12-17)18-13-8-9-14-20-18/h3-14H,1-2,15H2/b16-10+,21-19+. The average molecular weight is 290 g/mol. The van der Waals surface area contributed by atoms with Gasteiger partial charge < -0.3 is 4.84 Å². The van der Waals surface area contributed by atoms with Crippen molar-refractivity contribution in [3.8, 4) is 0 Å². The Balaban J connectivity index is 2.26. The Morgan fingerprint density at radius 2 is 1.86 bits per heavy atom. The predicted octanol–water partition coefficient (Wildman–Crippen LogP) is 4.15. The van der Waals surface area contributed by atoms with E-state index >= 15 is 0 Å². The van der Waals surface area contributed by atoms with Crippen molar-refractivity contribution < 1.29 is 4.84 Å². The van der Waals surface area contributed by atoms with Gasteiger partial charge in [-0.05, 0) is 17.7 Å². The summed E-state index contributed by atoms with van der Waals surface area (Å²) >= 11 is 0. The highest BCUT2D eigenvalue weighted by Gasteiger charge is 2.08. The van der Waals surface area contributed by atoms with E-state index in [1.54, 1.807) is 18.3 Å². The summed E-state index contributed by atoms with van der Waals surface area (Å²) < 4.78 is 0. The van der Waals surface area contributed by atoms with Crippen LogP contribution in [-0.4, -0.2) is 17.3 Å². The molecule has 0 bridgehead atoms. The van der Waals surface area contributed by atoms with Crippen LogP contribution >= 0.6 is 0 Å². The summed E-state index contributed by atoms with van der Waals surface area (Å²) in [5, 5.41) is 4.27. The third kappa shape index (κ3) is 4.28. The van der Waals surface area contributed by atoms with E-state index in [9.17, 15) is 0 Å². The molecular weight excluding hydrogens is 272 g/mol. The number of oxime groups is 1. The lowest BCUT2D eigenvalue weighted by Crippen LogP contribution is -2.07. The molecule has 0 amide bonds. The van der Waals surface area contributed by atoms with Crippen molar-refractivity contribution >= 4 is 5.71 Å². The minimum Gasteiger partial charge on any atom is -0.390 e. The van der Waals surface area contributed by atoms with Gasteiger partial charge in [0.25, 0.3) is 0 Å². The fourth-order valence-corrected chi connectivity index (χ4v) is 1.84. The highest BCUT2D eigenvalue weighted by Crippen LogP contribution is 2.09. The molecule has 0 atom stereocenters. The van der Waals surface area contributed by atoms with Crippen LogP contribution in [0.5, 0.6) is 0 Å². The molecule has 22 heavy (non-hydrogen) atoms. The second kappa shape index (κ2) is 8.37. The van der Waals surface area contributed by atoms with E-state index in [0.29, 0.717) is 12.3 Å². The average Bonchev–Trinajstić information content (AvgIpc) is 2.59. The Hall–Kier alpha value is -2.94. The first-order chi connectivity index (χ1) is 10.8. The zero-order valence-corrected chi connectivity index (χ0v) is 12.4. The number of aromatic nitrogens is 1. The largest absolute Gasteiger partial charge is 0.390 e. The number of pyridine rings is 1. The van der Waals surface area contributed by atoms with Gasteiger partial charge in [0.2, 0.25) is 0 Å². The van der Waals surface area contributed by atoms with Crippen LogP contribution in [0.3, 0.4) is 0 Å². The molecule has 0 unspecified atom stereocenters. The van der Waals surface area contributed by atoms with E-state index in [-0.39, 0.29) is 0 Å². The van der Waals surface area contributed by atoms with Gasteiger partial charge in [-0.3, -0.25) is 4.98 Å². The van der Waals surface area contributed by atoms with Crippen LogP contribution in [0.2, 0.25) is 0 Å². The molecule has 1 aromatic carbocycles. The highest BCUT2D eigenvalue weighted by atomic mass is 16.6. The maximum absolute atomic E-state index is 5.47. The summed E-state index contributed by atoms with van der Waals surface area (Å²) in [6.45, 7) is 7.73. The van der Waals surface area contributed by atoms with Crippen molar-refractivity contribution in [2.24, 2.45) is 5.16 Å². The van der Waals surface area contributed by atoms with Gasteiger partial charge in [0.1, 0.15) is 12.3 Å². The van der Waals surface area contributed by atoms with Crippen LogP contribution in [0.15, 0.2) is 96.8 Å². The monoisotopic (exact) mass is 290 g/mol. The quantitative estimate of drug-likeness (QED) is 0.436. The van der Waals surface area contributed by atoms with Crippen LogP contribution in [0.4, 0.5) is 0 Å². The molecule has 2 aromatic rings. The second-order valence-electron chi connectivity index (χ2n) is 4.48. The zero-order valence-electron chi connectivity index (χ0n) is 12.4. The first-order valence-electron chi connectivity index (χ1n) is 6.96. The normalized spacial score (nSPS) is 11.8. The van der Waals surface area contributed by atoms with Crippen molar-refractivity contribution in [1.82, 2.24) is 4.98 Å². The molecule has 3 nitrogen and oxygen atoms in total. The Labute approximate surface area is 131 Å². The number of benzene rings is 1. The van der Waals surface area contributed by atoms with E-state index in [4.69, 9.17) is 4.84 Å². The van der Waals surface area contributed by atoms with E-state index in [1.165, 1.54) is 0 Å². The lowest BCUT2D eigenvalue weighted by molar-refractivity contribution is 0.170. The molecule has 0 N–H and O–H groups in total. The van der Waals surface area contributed by atoms with E-state index in [1.807, 2.05) is 54.6 Å². The predicted molar refractivity (Wildman–Crippen MR) is 90.7 cm³/mol. The maximum Gasteiger partial charge on any atom is 0.142 e. The molecule has 0 spiro atoms. The van der Waals surface area contributed by atoms with Crippen LogP contribution in [0.25, 0.3) is 0 Å². The minimum absolute atomic E-state index is 0.332. The van der Waals surface area contributed by atoms with Crippen LogP contribution < -0.4 is 0 Å². The highest BCUT2D eigenvalue weighted by molar-refractivity contribution is 6.11. The summed E-state index contributed by atoms with van der Waals surface area (Å²) in [5.41, 5.74) is 3.33. The van der Waals surface area contributed by atoms with E-state index in [2.05, 4.69) is 23.3 Å². The molecule has 0 saturated carbocycles. The fourth-order valence-electron chi connectivity index (χ4n) is 1.84. The molecule has 0 aliphatic heterocycles. The topological polar surface area (TPSA) is 34.5 Å². The molecular formula is C19H18N2O. The Kier molecular flexibility index (Phi) is 5.88. The molecule has 0 aliphatic carbocycles. The van der Waals surface area contributed by atoms with Crippen LogP contribution in [0, 0.1) is 0 Å². The Morgan fingerprint density at radius 3 is 2.50 bits per heavy atom. The number of hydrogen-bond acceptors (Lipinski definition) is 3. The zero-order chi connectivity index (χ0) is 15.6.